The van der Waals surface area contributed by atoms with Crippen molar-refractivity contribution in [1.82, 2.24) is 14.7 Å². The predicted octanol–water partition coefficient (Wildman–Crippen LogP) is 3.45. The number of amides is 1. The summed E-state index contributed by atoms with van der Waals surface area (Å²) in [6.45, 7) is 1.61. The predicted molar refractivity (Wildman–Crippen MR) is 95.3 cm³/mol. The lowest BCUT2D eigenvalue weighted by atomic mass is 10.1. The monoisotopic (exact) mass is 337 g/mol. The van der Waals surface area contributed by atoms with Crippen LogP contribution in [0.25, 0.3) is 5.69 Å². The Morgan fingerprint density at radius 2 is 2.08 bits per heavy atom. The molecule has 122 valence electrons. The van der Waals surface area contributed by atoms with Crippen LogP contribution in [-0.4, -0.2) is 27.1 Å². The van der Waals surface area contributed by atoms with Crippen LogP contribution in [0.15, 0.2) is 54.2 Å². The van der Waals surface area contributed by atoms with E-state index in [4.69, 9.17) is 0 Å². The Bertz CT molecular complexity index is 837. The number of carbonyl (C=O) groups excluding carboxylic acids is 1. The molecule has 3 aromatic rings. The van der Waals surface area contributed by atoms with Gasteiger partial charge in [0.25, 0.3) is 0 Å². The zero-order chi connectivity index (χ0) is 16.4. The summed E-state index contributed by atoms with van der Waals surface area (Å²) in [5.41, 5.74) is 3.45. The molecule has 0 spiro atoms. The Morgan fingerprint density at radius 3 is 2.96 bits per heavy atom. The third kappa shape index (κ3) is 3.12. The lowest BCUT2D eigenvalue weighted by Gasteiger charge is -2.27. The standard InChI is InChI=1S/C19H19N3OS/c23-19(21-10-8-18-16(14-21)9-11-24-18)7-6-15-12-20-22(13-15)17-4-2-1-3-5-17/h1-5,9,11-13H,6-8,10,14H2. The maximum absolute atomic E-state index is 12.5. The van der Waals surface area contributed by atoms with E-state index in [9.17, 15) is 4.79 Å². The number of aryl methyl sites for hydroxylation is 1. The normalized spacial score (nSPS) is 13.8. The van der Waals surface area contributed by atoms with Gasteiger partial charge in [-0.25, -0.2) is 4.68 Å². The van der Waals surface area contributed by atoms with Crippen molar-refractivity contribution < 1.29 is 4.79 Å². The van der Waals surface area contributed by atoms with Crippen LogP contribution in [0.4, 0.5) is 0 Å². The molecule has 4 rings (SSSR count). The van der Waals surface area contributed by atoms with E-state index in [-0.39, 0.29) is 5.91 Å². The number of thiophene rings is 1. The first-order valence-corrected chi connectivity index (χ1v) is 9.09. The number of hydrogen-bond donors (Lipinski definition) is 0. The fourth-order valence-electron chi connectivity index (χ4n) is 3.08. The fourth-order valence-corrected chi connectivity index (χ4v) is 3.97. The number of para-hydroxylation sites is 1. The van der Waals surface area contributed by atoms with Crippen LogP contribution in [0.3, 0.4) is 0 Å². The first-order valence-electron chi connectivity index (χ1n) is 8.21. The molecule has 0 bridgehead atoms. The molecule has 2 aromatic heterocycles. The van der Waals surface area contributed by atoms with Gasteiger partial charge in [-0.3, -0.25) is 4.79 Å². The molecule has 1 aromatic carbocycles. The number of benzene rings is 1. The highest BCUT2D eigenvalue weighted by Gasteiger charge is 2.21. The molecule has 0 atom stereocenters. The summed E-state index contributed by atoms with van der Waals surface area (Å²) in [7, 11) is 0. The molecule has 0 saturated carbocycles. The SMILES string of the molecule is O=C(CCc1cnn(-c2ccccc2)c1)N1CCc2sccc2C1. The Morgan fingerprint density at radius 1 is 1.21 bits per heavy atom. The van der Waals surface area contributed by atoms with Crippen molar-refractivity contribution in [2.45, 2.75) is 25.8 Å². The van der Waals surface area contributed by atoms with Gasteiger partial charge in [-0.2, -0.15) is 5.10 Å². The van der Waals surface area contributed by atoms with Crippen molar-refractivity contribution in [2.75, 3.05) is 6.54 Å². The minimum Gasteiger partial charge on any atom is -0.338 e. The van der Waals surface area contributed by atoms with Crippen LogP contribution >= 0.6 is 11.3 Å². The van der Waals surface area contributed by atoms with Gasteiger partial charge in [0.15, 0.2) is 0 Å². The first kappa shape index (κ1) is 15.1. The molecular weight excluding hydrogens is 318 g/mol. The number of carbonyl (C=O) groups is 1. The second kappa shape index (κ2) is 6.61. The van der Waals surface area contributed by atoms with E-state index in [0.29, 0.717) is 6.42 Å². The highest BCUT2D eigenvalue weighted by molar-refractivity contribution is 7.10. The average molecular weight is 337 g/mol. The topological polar surface area (TPSA) is 38.1 Å². The minimum absolute atomic E-state index is 0.235. The van der Waals surface area contributed by atoms with Crippen LogP contribution in [0.5, 0.6) is 0 Å². The number of nitrogens with zero attached hydrogens (tertiary/aromatic N) is 3. The third-order valence-electron chi connectivity index (χ3n) is 4.44. The van der Waals surface area contributed by atoms with Gasteiger partial charge in [-0.05, 0) is 47.5 Å². The quantitative estimate of drug-likeness (QED) is 0.731. The van der Waals surface area contributed by atoms with Crippen molar-refractivity contribution >= 4 is 17.2 Å². The molecule has 0 N–H and O–H groups in total. The molecule has 0 saturated heterocycles. The molecule has 3 heterocycles. The zero-order valence-corrected chi connectivity index (χ0v) is 14.2. The summed E-state index contributed by atoms with van der Waals surface area (Å²) in [5.74, 6) is 0.235. The lowest BCUT2D eigenvalue weighted by molar-refractivity contribution is -0.132. The Kier molecular flexibility index (Phi) is 4.17. The number of aromatic nitrogens is 2. The smallest absolute Gasteiger partial charge is 0.223 e. The Hall–Kier alpha value is -2.40. The number of fused-ring (bicyclic) bond motifs is 1. The van der Waals surface area contributed by atoms with E-state index >= 15 is 0 Å². The molecule has 0 radical (unpaired) electrons. The number of hydrogen-bond acceptors (Lipinski definition) is 3. The lowest BCUT2D eigenvalue weighted by Crippen LogP contribution is -2.35. The molecule has 4 nitrogen and oxygen atoms in total. The molecule has 0 aliphatic carbocycles. The molecular formula is C19H19N3OS. The second-order valence-corrected chi connectivity index (χ2v) is 7.06. The summed E-state index contributed by atoms with van der Waals surface area (Å²) in [5, 5.41) is 6.51. The first-order chi connectivity index (χ1) is 11.8. The summed E-state index contributed by atoms with van der Waals surface area (Å²) in [6.07, 6.45) is 6.13. The van der Waals surface area contributed by atoms with E-state index in [2.05, 4.69) is 16.5 Å². The van der Waals surface area contributed by atoms with Crippen LogP contribution in [-0.2, 0) is 24.2 Å². The second-order valence-electron chi connectivity index (χ2n) is 6.06. The van der Waals surface area contributed by atoms with E-state index in [0.717, 1.165) is 37.2 Å². The van der Waals surface area contributed by atoms with Gasteiger partial charge in [-0.1, -0.05) is 18.2 Å². The summed E-state index contributed by atoms with van der Waals surface area (Å²) in [4.78, 5) is 15.9. The zero-order valence-electron chi connectivity index (χ0n) is 13.4. The average Bonchev–Trinajstić information content (AvgIpc) is 3.29. The summed E-state index contributed by atoms with van der Waals surface area (Å²) >= 11 is 1.80. The molecule has 0 unspecified atom stereocenters. The van der Waals surface area contributed by atoms with Crippen LogP contribution in [0, 0.1) is 0 Å². The maximum Gasteiger partial charge on any atom is 0.223 e. The van der Waals surface area contributed by atoms with Crippen molar-refractivity contribution in [3.05, 3.63) is 70.2 Å². The molecule has 1 aliphatic rings. The van der Waals surface area contributed by atoms with Crippen molar-refractivity contribution in [3.63, 3.8) is 0 Å². The minimum atomic E-state index is 0.235. The molecule has 1 amide bonds. The largest absolute Gasteiger partial charge is 0.338 e. The van der Waals surface area contributed by atoms with E-state index in [1.807, 2.05) is 52.3 Å². The van der Waals surface area contributed by atoms with Crippen molar-refractivity contribution in [1.29, 1.82) is 0 Å². The van der Waals surface area contributed by atoms with E-state index in [1.54, 1.807) is 11.3 Å². The van der Waals surface area contributed by atoms with Crippen LogP contribution in [0.2, 0.25) is 0 Å². The van der Waals surface area contributed by atoms with Gasteiger partial charge in [0.2, 0.25) is 5.91 Å². The molecule has 5 heteroatoms. The van der Waals surface area contributed by atoms with Gasteiger partial charge in [0.1, 0.15) is 0 Å². The summed E-state index contributed by atoms with van der Waals surface area (Å²) < 4.78 is 1.86. The number of rotatable bonds is 4. The van der Waals surface area contributed by atoms with Crippen molar-refractivity contribution in [2.24, 2.45) is 0 Å². The fraction of sp³-hybridized carbons (Fsp3) is 0.263. The van der Waals surface area contributed by atoms with Crippen LogP contribution < -0.4 is 0 Å². The van der Waals surface area contributed by atoms with Crippen molar-refractivity contribution in [3.8, 4) is 5.69 Å². The highest BCUT2D eigenvalue weighted by Crippen LogP contribution is 2.24. The molecule has 24 heavy (non-hydrogen) atoms. The Balaban J connectivity index is 1.36. The molecule has 0 fully saturated rings. The van der Waals surface area contributed by atoms with Gasteiger partial charge in [-0.15, -0.1) is 11.3 Å². The van der Waals surface area contributed by atoms with Gasteiger partial charge in [0.05, 0.1) is 11.9 Å². The maximum atomic E-state index is 12.5. The molecule has 1 aliphatic heterocycles. The van der Waals surface area contributed by atoms with Gasteiger partial charge >= 0.3 is 0 Å². The van der Waals surface area contributed by atoms with Crippen LogP contribution in [0.1, 0.15) is 22.4 Å². The Labute approximate surface area is 145 Å². The van der Waals surface area contributed by atoms with Gasteiger partial charge < -0.3 is 4.90 Å². The van der Waals surface area contributed by atoms with E-state index in [1.165, 1.54) is 10.4 Å². The van der Waals surface area contributed by atoms with Gasteiger partial charge in [0, 0.05) is 30.6 Å². The van der Waals surface area contributed by atoms with E-state index < -0.39 is 0 Å². The summed E-state index contributed by atoms with van der Waals surface area (Å²) in [6, 6.07) is 12.2. The third-order valence-corrected chi connectivity index (χ3v) is 5.47. The highest BCUT2D eigenvalue weighted by atomic mass is 32.1.